The van der Waals surface area contributed by atoms with Gasteiger partial charge in [-0.15, -0.1) is 0 Å². The van der Waals surface area contributed by atoms with Crippen molar-refractivity contribution >= 4 is 34.0 Å². The molecule has 3 N–H and O–H groups in total. The first-order chi connectivity index (χ1) is 19.2. The number of nitro benzene ring substituents is 1. The molecule has 1 amide bonds. The Morgan fingerprint density at radius 1 is 1.07 bits per heavy atom. The minimum absolute atomic E-state index is 0.0201. The summed E-state index contributed by atoms with van der Waals surface area (Å²) in [6.07, 6.45) is 2.19. The SMILES string of the molecule is COc1ccc2[nH]cc(CCN3C(=O)C(=O)C(=C(O)c4cccc([N+](=O)[O-])c4)[C@@H]3c3ccc(O)c(OC)c3)c2c1. The molecule has 1 aromatic heterocycles. The number of Topliss-reactive ketones (excluding diaryl/α,β-unsaturated/α-hetero) is 1. The molecule has 1 aliphatic rings. The lowest BCUT2D eigenvalue weighted by Gasteiger charge is -2.25. The number of amides is 1. The molecule has 0 saturated carbocycles. The third-order valence-electron chi connectivity index (χ3n) is 6.99. The summed E-state index contributed by atoms with van der Waals surface area (Å²) in [7, 11) is 2.93. The van der Waals surface area contributed by atoms with Crippen LogP contribution in [0.2, 0.25) is 0 Å². The molecule has 1 fully saturated rings. The van der Waals surface area contributed by atoms with Crippen molar-refractivity contribution in [3.05, 3.63) is 99.2 Å². The number of ketones is 1. The summed E-state index contributed by atoms with van der Waals surface area (Å²) < 4.78 is 10.6. The standard InChI is InChI=1S/C29H25N3O8/c1-39-20-7-8-22-21(14-20)18(15-30-22)10-11-31-26(16-6-9-23(33)24(13-16)40-2)25(28(35)29(31)36)27(34)17-4-3-5-19(12-17)32(37)38/h3-9,12-15,26,30,33-34H,10-11H2,1-2H3/t26-/m0/s1. The Hall–Kier alpha value is -5.32. The van der Waals surface area contributed by atoms with Crippen molar-refractivity contribution in [2.45, 2.75) is 12.5 Å². The lowest BCUT2D eigenvalue weighted by atomic mass is 9.94. The molecule has 1 atom stereocenters. The number of aromatic amines is 1. The molecule has 11 heteroatoms. The monoisotopic (exact) mass is 543 g/mol. The summed E-state index contributed by atoms with van der Waals surface area (Å²) >= 11 is 0. The number of hydrogen-bond acceptors (Lipinski definition) is 8. The second-order valence-electron chi connectivity index (χ2n) is 9.21. The zero-order chi connectivity index (χ0) is 28.6. The summed E-state index contributed by atoms with van der Waals surface area (Å²) in [4.78, 5) is 42.0. The Balaban J connectivity index is 1.60. The summed E-state index contributed by atoms with van der Waals surface area (Å²) in [5.74, 6) is -1.67. The number of aromatic nitrogens is 1. The average Bonchev–Trinajstić information content (AvgIpc) is 3.48. The molecule has 0 bridgehead atoms. The molecule has 0 aliphatic carbocycles. The number of aromatic hydroxyl groups is 1. The summed E-state index contributed by atoms with van der Waals surface area (Å²) in [5, 5.41) is 33.6. The van der Waals surface area contributed by atoms with Crippen molar-refractivity contribution in [1.82, 2.24) is 9.88 Å². The van der Waals surface area contributed by atoms with E-state index in [-0.39, 0.29) is 34.9 Å². The van der Waals surface area contributed by atoms with Crippen LogP contribution in [0.1, 0.15) is 22.7 Å². The van der Waals surface area contributed by atoms with Gasteiger partial charge in [-0.25, -0.2) is 0 Å². The van der Waals surface area contributed by atoms with Crippen LogP contribution in [-0.4, -0.2) is 57.5 Å². The van der Waals surface area contributed by atoms with E-state index in [1.165, 1.54) is 48.4 Å². The largest absolute Gasteiger partial charge is 0.507 e. The van der Waals surface area contributed by atoms with Crippen LogP contribution in [0.15, 0.2) is 72.4 Å². The number of phenolic OH excluding ortho intramolecular Hbond substituents is 1. The third-order valence-corrected chi connectivity index (χ3v) is 6.99. The molecule has 0 radical (unpaired) electrons. The first kappa shape index (κ1) is 26.3. The number of benzene rings is 3. The highest BCUT2D eigenvalue weighted by molar-refractivity contribution is 6.46. The van der Waals surface area contributed by atoms with Crippen LogP contribution in [0, 0.1) is 10.1 Å². The van der Waals surface area contributed by atoms with Gasteiger partial charge < -0.3 is 29.6 Å². The zero-order valence-electron chi connectivity index (χ0n) is 21.6. The van der Waals surface area contributed by atoms with E-state index in [0.717, 1.165) is 22.5 Å². The number of non-ortho nitro benzene ring substituents is 1. The van der Waals surface area contributed by atoms with Gasteiger partial charge in [-0.2, -0.15) is 0 Å². The van der Waals surface area contributed by atoms with Crippen molar-refractivity contribution in [3.63, 3.8) is 0 Å². The van der Waals surface area contributed by atoms with Crippen LogP contribution in [0.3, 0.4) is 0 Å². The van der Waals surface area contributed by atoms with E-state index in [4.69, 9.17) is 9.47 Å². The molecule has 1 aliphatic heterocycles. The van der Waals surface area contributed by atoms with Crippen molar-refractivity contribution in [2.24, 2.45) is 0 Å². The van der Waals surface area contributed by atoms with Gasteiger partial charge in [0.25, 0.3) is 17.4 Å². The third kappa shape index (κ3) is 4.57. The molecule has 1 saturated heterocycles. The normalized spacial score (nSPS) is 16.4. The summed E-state index contributed by atoms with van der Waals surface area (Å²) in [5.41, 5.74) is 1.68. The number of nitro groups is 1. The van der Waals surface area contributed by atoms with E-state index in [1.54, 1.807) is 7.11 Å². The van der Waals surface area contributed by atoms with Crippen LogP contribution >= 0.6 is 0 Å². The first-order valence-corrected chi connectivity index (χ1v) is 12.3. The number of aliphatic hydroxyl groups is 1. The van der Waals surface area contributed by atoms with Gasteiger partial charge in [0.1, 0.15) is 11.5 Å². The molecule has 40 heavy (non-hydrogen) atoms. The Kier molecular flexibility index (Phi) is 6.87. The number of methoxy groups -OCH3 is 2. The number of nitrogens with zero attached hydrogens (tertiary/aromatic N) is 2. The highest BCUT2D eigenvalue weighted by atomic mass is 16.6. The van der Waals surface area contributed by atoms with E-state index >= 15 is 0 Å². The molecule has 0 unspecified atom stereocenters. The fraction of sp³-hybridized carbons (Fsp3) is 0.172. The smallest absolute Gasteiger partial charge is 0.295 e. The Bertz CT molecular complexity index is 1690. The lowest BCUT2D eigenvalue weighted by Crippen LogP contribution is -2.31. The number of phenols is 1. The van der Waals surface area contributed by atoms with E-state index in [2.05, 4.69) is 4.98 Å². The summed E-state index contributed by atoms with van der Waals surface area (Å²) in [6.45, 7) is 0.105. The van der Waals surface area contributed by atoms with Gasteiger partial charge in [-0.3, -0.25) is 19.7 Å². The number of hydrogen-bond donors (Lipinski definition) is 3. The van der Waals surface area contributed by atoms with Gasteiger partial charge in [-0.05, 0) is 47.9 Å². The minimum Gasteiger partial charge on any atom is -0.507 e. The second-order valence-corrected chi connectivity index (χ2v) is 9.21. The number of likely N-dealkylation sites (tertiary alicyclic amines) is 1. The number of carbonyl (C=O) groups is 2. The molecule has 0 spiro atoms. The lowest BCUT2D eigenvalue weighted by molar-refractivity contribution is -0.384. The number of ether oxygens (including phenoxy) is 2. The van der Waals surface area contributed by atoms with Gasteiger partial charge in [-0.1, -0.05) is 18.2 Å². The number of H-pyrrole nitrogens is 1. The Morgan fingerprint density at radius 2 is 1.88 bits per heavy atom. The molecule has 2 heterocycles. The van der Waals surface area contributed by atoms with Crippen LogP contribution in [0.5, 0.6) is 17.2 Å². The van der Waals surface area contributed by atoms with Crippen molar-refractivity contribution in [1.29, 1.82) is 0 Å². The van der Waals surface area contributed by atoms with Crippen LogP contribution < -0.4 is 9.47 Å². The molecular formula is C29H25N3O8. The van der Waals surface area contributed by atoms with Gasteiger partial charge in [0.2, 0.25) is 0 Å². The number of carbonyl (C=O) groups excluding carboxylic acids is 2. The molecule has 204 valence electrons. The fourth-order valence-corrected chi connectivity index (χ4v) is 4.98. The maximum atomic E-state index is 13.4. The first-order valence-electron chi connectivity index (χ1n) is 12.3. The Morgan fingerprint density at radius 3 is 2.60 bits per heavy atom. The predicted molar refractivity (Wildman–Crippen MR) is 145 cm³/mol. The zero-order valence-corrected chi connectivity index (χ0v) is 21.6. The average molecular weight is 544 g/mol. The number of fused-ring (bicyclic) bond motifs is 1. The highest BCUT2D eigenvalue weighted by Crippen LogP contribution is 2.42. The molecular weight excluding hydrogens is 518 g/mol. The number of nitrogens with one attached hydrogen (secondary N) is 1. The molecule has 4 aromatic rings. The van der Waals surface area contributed by atoms with Gasteiger partial charge >= 0.3 is 0 Å². The quantitative estimate of drug-likeness (QED) is 0.0967. The van der Waals surface area contributed by atoms with E-state index in [9.17, 15) is 29.9 Å². The molecule has 3 aromatic carbocycles. The van der Waals surface area contributed by atoms with Crippen molar-refractivity contribution in [2.75, 3.05) is 20.8 Å². The maximum Gasteiger partial charge on any atom is 0.295 e. The second kappa shape index (κ2) is 10.4. The van der Waals surface area contributed by atoms with Crippen LogP contribution in [0.25, 0.3) is 16.7 Å². The van der Waals surface area contributed by atoms with E-state index in [0.29, 0.717) is 17.7 Å². The maximum absolute atomic E-state index is 13.4. The van der Waals surface area contributed by atoms with Gasteiger partial charge in [0.15, 0.2) is 11.5 Å². The molecule has 5 rings (SSSR count). The van der Waals surface area contributed by atoms with Crippen LogP contribution in [0.4, 0.5) is 5.69 Å². The van der Waals surface area contributed by atoms with E-state index in [1.807, 2.05) is 24.4 Å². The summed E-state index contributed by atoms with van der Waals surface area (Å²) in [6, 6.07) is 14.1. The number of rotatable bonds is 8. The van der Waals surface area contributed by atoms with Crippen LogP contribution in [-0.2, 0) is 16.0 Å². The van der Waals surface area contributed by atoms with Crippen molar-refractivity contribution < 1.29 is 34.2 Å². The van der Waals surface area contributed by atoms with Crippen molar-refractivity contribution in [3.8, 4) is 17.2 Å². The Labute approximate surface area is 228 Å². The minimum atomic E-state index is -1.05. The predicted octanol–water partition coefficient (Wildman–Crippen LogP) is 4.46. The fourth-order valence-electron chi connectivity index (χ4n) is 4.98. The molecule has 11 nitrogen and oxygen atoms in total. The van der Waals surface area contributed by atoms with E-state index < -0.39 is 28.4 Å². The topological polar surface area (TPSA) is 155 Å². The van der Waals surface area contributed by atoms with Gasteiger partial charge in [0.05, 0.1) is 30.8 Å². The highest BCUT2D eigenvalue weighted by Gasteiger charge is 2.46. The van der Waals surface area contributed by atoms with Gasteiger partial charge in [0, 0.05) is 41.3 Å². The number of aliphatic hydroxyl groups excluding tert-OH is 1.